The Labute approximate surface area is 138 Å². The van der Waals surface area contributed by atoms with E-state index in [-0.39, 0.29) is 0 Å². The van der Waals surface area contributed by atoms with Gasteiger partial charge >= 0.3 is 5.13 Å². The first-order chi connectivity index (χ1) is 10.7. The van der Waals surface area contributed by atoms with E-state index in [0.717, 1.165) is 27.2 Å². The van der Waals surface area contributed by atoms with Crippen LogP contribution in [0.2, 0.25) is 5.02 Å². The second-order valence-electron chi connectivity index (χ2n) is 4.87. The van der Waals surface area contributed by atoms with Gasteiger partial charge in [-0.05, 0) is 53.3 Å². The van der Waals surface area contributed by atoms with Gasteiger partial charge in [-0.2, -0.15) is 0 Å². The summed E-state index contributed by atoms with van der Waals surface area (Å²) in [4.78, 5) is 1.19. The molecule has 0 aliphatic rings. The van der Waals surface area contributed by atoms with Crippen LogP contribution >= 0.6 is 22.9 Å². The normalized spacial score (nSPS) is 10.5. The molecule has 0 aliphatic carbocycles. The highest BCUT2D eigenvalue weighted by atomic mass is 35.5. The molecule has 0 radical (unpaired) electrons. The summed E-state index contributed by atoms with van der Waals surface area (Å²) in [5, 5.41) is 5.24. The summed E-state index contributed by atoms with van der Waals surface area (Å²) in [6, 6.07) is 15.8. The molecule has 0 amide bonds. The first-order valence-electron chi connectivity index (χ1n) is 6.82. The van der Waals surface area contributed by atoms with Gasteiger partial charge in [0.05, 0.1) is 19.0 Å². The Hall–Kier alpha value is -2.04. The smallest absolute Gasteiger partial charge is 0.339 e. The molecule has 3 rings (SSSR count). The van der Waals surface area contributed by atoms with Crippen molar-refractivity contribution in [2.24, 2.45) is 7.05 Å². The third kappa shape index (κ3) is 3.24. The van der Waals surface area contributed by atoms with Gasteiger partial charge in [0.15, 0.2) is 0 Å². The Morgan fingerprint density at radius 1 is 1.05 bits per heavy atom. The number of benzene rings is 2. The van der Waals surface area contributed by atoms with Gasteiger partial charge in [0.25, 0.3) is 0 Å². The van der Waals surface area contributed by atoms with Crippen molar-refractivity contribution in [1.29, 1.82) is 0 Å². The Morgan fingerprint density at radius 2 is 1.73 bits per heavy atom. The molecule has 0 saturated carbocycles. The van der Waals surface area contributed by atoms with Crippen LogP contribution in [0, 0.1) is 0 Å². The molecule has 0 unspecified atom stereocenters. The summed E-state index contributed by atoms with van der Waals surface area (Å²) in [6.07, 6.45) is 2.11. The fraction of sp³-hybridized carbons (Fsp3) is 0.118. The van der Waals surface area contributed by atoms with Crippen LogP contribution < -0.4 is 14.6 Å². The molecular formula is C17H16ClN2OS+. The van der Waals surface area contributed by atoms with E-state index in [2.05, 4.69) is 16.1 Å². The lowest BCUT2D eigenvalue weighted by Crippen LogP contribution is -2.27. The summed E-state index contributed by atoms with van der Waals surface area (Å²) in [7, 11) is 3.70. The number of thiazole rings is 1. The Bertz CT molecular complexity index is 766. The number of anilines is 2. The third-order valence-electron chi connectivity index (χ3n) is 3.31. The number of aryl methyl sites for hydroxylation is 1. The van der Waals surface area contributed by atoms with Crippen LogP contribution in [-0.2, 0) is 7.05 Å². The molecule has 0 spiro atoms. The van der Waals surface area contributed by atoms with Crippen LogP contribution in [0.3, 0.4) is 0 Å². The van der Waals surface area contributed by atoms with E-state index >= 15 is 0 Å². The molecule has 112 valence electrons. The van der Waals surface area contributed by atoms with Crippen LogP contribution in [-0.4, -0.2) is 7.11 Å². The number of nitrogens with one attached hydrogen (secondary N) is 1. The lowest BCUT2D eigenvalue weighted by atomic mass is 10.2. The first kappa shape index (κ1) is 14.9. The highest BCUT2D eigenvalue weighted by Gasteiger charge is 2.14. The summed E-state index contributed by atoms with van der Waals surface area (Å²) >= 11 is 7.64. The summed E-state index contributed by atoms with van der Waals surface area (Å²) in [5.74, 6) is 0.850. The fourth-order valence-electron chi connectivity index (χ4n) is 2.10. The zero-order chi connectivity index (χ0) is 15.5. The van der Waals surface area contributed by atoms with Gasteiger partial charge in [0.2, 0.25) is 0 Å². The predicted molar refractivity (Wildman–Crippen MR) is 92.2 cm³/mol. The van der Waals surface area contributed by atoms with Gasteiger partial charge in [-0.15, -0.1) is 0 Å². The maximum absolute atomic E-state index is 5.94. The van der Waals surface area contributed by atoms with Gasteiger partial charge in [0.1, 0.15) is 17.6 Å². The Morgan fingerprint density at radius 3 is 2.36 bits per heavy atom. The standard InChI is InChI=1S/C17H15ClN2OS/c1-20-11-16(12-3-5-13(18)6-4-12)22-17(20)19-14-7-9-15(21-2)10-8-14/h3-11H,1-2H3/p+1. The molecule has 1 N–H and O–H groups in total. The highest BCUT2D eigenvalue weighted by Crippen LogP contribution is 2.30. The van der Waals surface area contributed by atoms with Crippen LogP contribution in [0.15, 0.2) is 54.7 Å². The zero-order valence-corrected chi connectivity index (χ0v) is 13.9. The average molecular weight is 332 g/mol. The molecule has 1 heterocycles. The molecule has 5 heteroatoms. The molecule has 0 atom stereocenters. The van der Waals surface area contributed by atoms with E-state index in [4.69, 9.17) is 16.3 Å². The average Bonchev–Trinajstić information content (AvgIpc) is 2.90. The van der Waals surface area contributed by atoms with Crippen LogP contribution in [0.5, 0.6) is 5.75 Å². The molecule has 0 fully saturated rings. The van der Waals surface area contributed by atoms with Crippen LogP contribution in [0.1, 0.15) is 0 Å². The zero-order valence-electron chi connectivity index (χ0n) is 12.3. The monoisotopic (exact) mass is 331 g/mol. The maximum Gasteiger partial charge on any atom is 0.339 e. The second kappa shape index (κ2) is 6.38. The maximum atomic E-state index is 5.94. The van der Waals surface area contributed by atoms with E-state index in [1.807, 2.05) is 55.6 Å². The molecule has 2 aromatic carbocycles. The van der Waals surface area contributed by atoms with Gasteiger partial charge in [0, 0.05) is 5.02 Å². The SMILES string of the molecule is COc1ccc(Nc2sc(-c3ccc(Cl)cc3)c[n+]2C)cc1. The fourth-order valence-corrected chi connectivity index (χ4v) is 3.26. The van der Waals surface area contributed by atoms with Gasteiger partial charge in [-0.25, -0.2) is 9.88 Å². The minimum atomic E-state index is 0.751. The Balaban J connectivity index is 1.84. The molecule has 3 nitrogen and oxygen atoms in total. The van der Waals surface area contributed by atoms with Crippen molar-refractivity contribution in [3.05, 3.63) is 59.8 Å². The second-order valence-corrected chi connectivity index (χ2v) is 6.34. The predicted octanol–water partition coefficient (Wildman–Crippen LogP) is 4.65. The van der Waals surface area contributed by atoms with Crippen molar-refractivity contribution in [1.82, 2.24) is 0 Å². The van der Waals surface area contributed by atoms with Gasteiger partial charge in [-0.3, -0.25) is 0 Å². The van der Waals surface area contributed by atoms with Gasteiger partial charge in [-0.1, -0.05) is 23.7 Å². The number of rotatable bonds is 4. The van der Waals surface area contributed by atoms with Crippen molar-refractivity contribution < 1.29 is 9.30 Å². The van der Waals surface area contributed by atoms with E-state index in [0.29, 0.717) is 0 Å². The number of methoxy groups -OCH3 is 1. The van der Waals surface area contributed by atoms with E-state index in [1.165, 1.54) is 4.88 Å². The number of hydrogen-bond acceptors (Lipinski definition) is 3. The summed E-state index contributed by atoms with van der Waals surface area (Å²) < 4.78 is 7.26. The van der Waals surface area contributed by atoms with Crippen LogP contribution in [0.4, 0.5) is 10.8 Å². The molecule has 1 aromatic heterocycles. The van der Waals surface area contributed by atoms with E-state index in [1.54, 1.807) is 18.4 Å². The first-order valence-corrected chi connectivity index (χ1v) is 8.01. The number of nitrogens with zero attached hydrogens (tertiary/aromatic N) is 1. The molecule has 22 heavy (non-hydrogen) atoms. The number of halogens is 1. The molecule has 0 bridgehead atoms. The van der Waals surface area contributed by atoms with Crippen molar-refractivity contribution in [2.45, 2.75) is 0 Å². The van der Waals surface area contributed by atoms with Crippen molar-refractivity contribution in [2.75, 3.05) is 12.4 Å². The van der Waals surface area contributed by atoms with Gasteiger partial charge < -0.3 is 4.74 Å². The van der Waals surface area contributed by atoms with Crippen molar-refractivity contribution in [3.63, 3.8) is 0 Å². The van der Waals surface area contributed by atoms with Crippen LogP contribution in [0.25, 0.3) is 10.4 Å². The Kier molecular flexibility index (Phi) is 4.32. The number of ether oxygens (including phenoxy) is 1. The van der Waals surface area contributed by atoms with Crippen molar-refractivity contribution in [3.8, 4) is 16.2 Å². The number of hydrogen-bond donors (Lipinski definition) is 1. The van der Waals surface area contributed by atoms with Crippen molar-refractivity contribution >= 4 is 33.8 Å². The van der Waals surface area contributed by atoms with E-state index < -0.39 is 0 Å². The molecule has 0 saturated heterocycles. The largest absolute Gasteiger partial charge is 0.497 e. The minimum Gasteiger partial charge on any atom is -0.497 e. The quantitative estimate of drug-likeness (QED) is 0.704. The summed E-state index contributed by atoms with van der Waals surface area (Å²) in [6.45, 7) is 0. The summed E-state index contributed by atoms with van der Waals surface area (Å²) in [5.41, 5.74) is 2.19. The molecule has 3 aromatic rings. The minimum absolute atomic E-state index is 0.751. The molecule has 0 aliphatic heterocycles. The lowest BCUT2D eigenvalue weighted by molar-refractivity contribution is -0.652. The third-order valence-corrected chi connectivity index (χ3v) is 4.70. The molecular weight excluding hydrogens is 316 g/mol. The topological polar surface area (TPSA) is 25.1 Å². The highest BCUT2D eigenvalue weighted by molar-refractivity contribution is 7.18. The number of aromatic nitrogens is 1. The van der Waals surface area contributed by atoms with E-state index in [9.17, 15) is 0 Å². The lowest BCUT2D eigenvalue weighted by Gasteiger charge is -2.00.